The van der Waals surface area contributed by atoms with Gasteiger partial charge in [-0.05, 0) is 37.4 Å². The Hall–Kier alpha value is -1.00. The summed E-state index contributed by atoms with van der Waals surface area (Å²) in [7, 11) is 0. The molecule has 0 spiro atoms. The molecule has 1 aromatic carbocycles. The average molecular weight is 254 g/mol. The Morgan fingerprint density at radius 3 is 2.61 bits per heavy atom. The molecule has 2 nitrogen and oxygen atoms in total. The molecule has 2 atom stereocenters. The molecule has 2 N–H and O–H groups in total. The van der Waals surface area contributed by atoms with E-state index < -0.39 is 11.6 Å². The van der Waals surface area contributed by atoms with Gasteiger partial charge < -0.3 is 5.73 Å². The molecule has 1 fully saturated rings. The van der Waals surface area contributed by atoms with Gasteiger partial charge in [-0.3, -0.25) is 4.90 Å². The van der Waals surface area contributed by atoms with Crippen LogP contribution in [0.25, 0.3) is 0 Å². The number of piperidine rings is 1. The predicted molar refractivity (Wildman–Crippen MR) is 68.0 cm³/mol. The van der Waals surface area contributed by atoms with Crippen molar-refractivity contribution in [3.05, 3.63) is 35.4 Å². The van der Waals surface area contributed by atoms with Crippen LogP contribution in [0, 0.1) is 17.6 Å². The lowest BCUT2D eigenvalue weighted by Crippen LogP contribution is -2.45. The SMILES string of the molecule is CC1CCN(Cc2c(F)cccc2F)C(CN)C1. The first-order valence-electron chi connectivity index (χ1n) is 6.48. The van der Waals surface area contributed by atoms with Crippen molar-refractivity contribution in [3.63, 3.8) is 0 Å². The van der Waals surface area contributed by atoms with Crippen molar-refractivity contribution < 1.29 is 8.78 Å². The van der Waals surface area contributed by atoms with E-state index in [1.165, 1.54) is 18.2 Å². The van der Waals surface area contributed by atoms with Crippen LogP contribution in [0.3, 0.4) is 0 Å². The minimum atomic E-state index is -0.468. The molecule has 2 unspecified atom stereocenters. The predicted octanol–water partition coefficient (Wildman–Crippen LogP) is 2.52. The number of nitrogens with two attached hydrogens (primary N) is 1. The van der Waals surface area contributed by atoms with E-state index in [1.54, 1.807) is 0 Å². The summed E-state index contributed by atoms with van der Waals surface area (Å²) in [5.41, 5.74) is 5.91. The number of nitrogens with zero attached hydrogens (tertiary/aromatic N) is 1. The van der Waals surface area contributed by atoms with Gasteiger partial charge in [-0.2, -0.15) is 0 Å². The lowest BCUT2D eigenvalue weighted by Gasteiger charge is -2.38. The summed E-state index contributed by atoms with van der Waals surface area (Å²) in [6.07, 6.45) is 2.07. The molecule has 18 heavy (non-hydrogen) atoms. The van der Waals surface area contributed by atoms with Gasteiger partial charge in [0.2, 0.25) is 0 Å². The van der Waals surface area contributed by atoms with Gasteiger partial charge in [0.15, 0.2) is 0 Å². The fourth-order valence-electron chi connectivity index (χ4n) is 2.64. The van der Waals surface area contributed by atoms with Crippen molar-refractivity contribution in [2.24, 2.45) is 11.7 Å². The average Bonchev–Trinajstić information content (AvgIpc) is 2.35. The maximum atomic E-state index is 13.6. The van der Waals surface area contributed by atoms with Gasteiger partial charge in [0.05, 0.1) is 0 Å². The molecule has 4 heteroatoms. The van der Waals surface area contributed by atoms with E-state index in [0.29, 0.717) is 19.0 Å². The maximum absolute atomic E-state index is 13.6. The second-order valence-corrected chi connectivity index (χ2v) is 5.19. The van der Waals surface area contributed by atoms with E-state index in [0.717, 1.165) is 19.4 Å². The number of likely N-dealkylation sites (tertiary alicyclic amines) is 1. The highest BCUT2D eigenvalue weighted by atomic mass is 19.1. The minimum Gasteiger partial charge on any atom is -0.329 e. The second kappa shape index (κ2) is 5.76. The van der Waals surface area contributed by atoms with E-state index >= 15 is 0 Å². The highest BCUT2D eigenvalue weighted by Crippen LogP contribution is 2.25. The summed E-state index contributed by atoms with van der Waals surface area (Å²) in [6, 6.07) is 4.24. The third-order valence-corrected chi connectivity index (χ3v) is 3.79. The van der Waals surface area contributed by atoms with Gasteiger partial charge >= 0.3 is 0 Å². The van der Waals surface area contributed by atoms with E-state index in [-0.39, 0.29) is 11.6 Å². The standard InChI is InChI=1S/C14H20F2N2/c1-10-5-6-18(11(7-10)8-17)9-12-13(15)3-2-4-14(12)16/h2-4,10-11H,5-9,17H2,1H3. The van der Waals surface area contributed by atoms with Gasteiger partial charge in [-0.25, -0.2) is 8.78 Å². The van der Waals surface area contributed by atoms with E-state index in [2.05, 4.69) is 11.8 Å². The molecule has 1 heterocycles. The number of rotatable bonds is 3. The third-order valence-electron chi connectivity index (χ3n) is 3.79. The zero-order valence-corrected chi connectivity index (χ0v) is 10.7. The fourth-order valence-corrected chi connectivity index (χ4v) is 2.64. The number of halogens is 2. The van der Waals surface area contributed by atoms with Gasteiger partial charge in [-0.15, -0.1) is 0 Å². The summed E-state index contributed by atoms with van der Waals surface area (Å²) in [4.78, 5) is 2.10. The zero-order chi connectivity index (χ0) is 13.1. The monoisotopic (exact) mass is 254 g/mol. The molecular weight excluding hydrogens is 234 g/mol. The topological polar surface area (TPSA) is 29.3 Å². The van der Waals surface area contributed by atoms with Crippen molar-refractivity contribution in [3.8, 4) is 0 Å². The smallest absolute Gasteiger partial charge is 0.130 e. The Morgan fingerprint density at radius 2 is 2.00 bits per heavy atom. The summed E-state index contributed by atoms with van der Waals surface area (Å²) >= 11 is 0. The van der Waals surface area contributed by atoms with Crippen LogP contribution in [0.2, 0.25) is 0 Å². The first-order chi connectivity index (χ1) is 8.61. The zero-order valence-electron chi connectivity index (χ0n) is 10.7. The summed E-state index contributed by atoms with van der Waals surface area (Å²) in [5.74, 6) is -0.297. The van der Waals surface area contributed by atoms with Crippen LogP contribution in [0.4, 0.5) is 8.78 Å². The molecule has 1 saturated heterocycles. The highest BCUT2D eigenvalue weighted by molar-refractivity contribution is 5.19. The fraction of sp³-hybridized carbons (Fsp3) is 0.571. The normalized spacial score (nSPS) is 25.3. The maximum Gasteiger partial charge on any atom is 0.130 e. The van der Waals surface area contributed by atoms with Crippen molar-refractivity contribution in [1.82, 2.24) is 4.90 Å². The molecule has 1 aliphatic heterocycles. The lowest BCUT2D eigenvalue weighted by atomic mass is 9.92. The summed E-state index contributed by atoms with van der Waals surface area (Å²) < 4.78 is 27.2. The Kier molecular flexibility index (Phi) is 4.30. The van der Waals surface area contributed by atoms with Crippen molar-refractivity contribution in [2.45, 2.75) is 32.4 Å². The van der Waals surface area contributed by atoms with Crippen molar-refractivity contribution in [1.29, 1.82) is 0 Å². The second-order valence-electron chi connectivity index (χ2n) is 5.19. The third kappa shape index (κ3) is 2.87. The quantitative estimate of drug-likeness (QED) is 0.898. The Balaban J connectivity index is 2.12. The largest absolute Gasteiger partial charge is 0.329 e. The van der Waals surface area contributed by atoms with Gasteiger partial charge in [0.25, 0.3) is 0 Å². The Morgan fingerprint density at radius 1 is 1.33 bits per heavy atom. The van der Waals surface area contributed by atoms with Gasteiger partial charge in [0, 0.05) is 24.7 Å². The molecular formula is C14H20F2N2. The summed E-state index contributed by atoms with van der Waals surface area (Å²) in [5, 5.41) is 0. The lowest BCUT2D eigenvalue weighted by molar-refractivity contribution is 0.112. The van der Waals surface area contributed by atoms with Crippen LogP contribution in [-0.2, 0) is 6.54 Å². The molecule has 100 valence electrons. The van der Waals surface area contributed by atoms with E-state index in [9.17, 15) is 8.78 Å². The first-order valence-corrected chi connectivity index (χ1v) is 6.48. The molecule has 0 radical (unpaired) electrons. The van der Waals surface area contributed by atoms with E-state index in [1.807, 2.05) is 0 Å². The summed E-state index contributed by atoms with van der Waals surface area (Å²) in [6.45, 7) is 3.91. The van der Waals surface area contributed by atoms with Crippen LogP contribution >= 0.6 is 0 Å². The van der Waals surface area contributed by atoms with Crippen LogP contribution in [0.5, 0.6) is 0 Å². The number of hydrogen-bond acceptors (Lipinski definition) is 2. The first kappa shape index (κ1) is 13.4. The molecule has 1 aromatic rings. The number of benzene rings is 1. The molecule has 0 aliphatic carbocycles. The molecule has 0 amide bonds. The number of hydrogen-bond donors (Lipinski definition) is 1. The van der Waals surface area contributed by atoms with Crippen LogP contribution in [-0.4, -0.2) is 24.0 Å². The van der Waals surface area contributed by atoms with Crippen LogP contribution < -0.4 is 5.73 Å². The van der Waals surface area contributed by atoms with Gasteiger partial charge in [0.1, 0.15) is 11.6 Å². The van der Waals surface area contributed by atoms with Crippen LogP contribution in [0.15, 0.2) is 18.2 Å². The molecule has 0 bridgehead atoms. The van der Waals surface area contributed by atoms with Gasteiger partial charge in [-0.1, -0.05) is 13.0 Å². The minimum absolute atomic E-state index is 0.158. The van der Waals surface area contributed by atoms with Crippen molar-refractivity contribution >= 4 is 0 Å². The molecule has 0 saturated carbocycles. The van der Waals surface area contributed by atoms with Crippen LogP contribution in [0.1, 0.15) is 25.3 Å². The Bertz CT molecular complexity index is 389. The molecule has 1 aliphatic rings. The Labute approximate surface area is 107 Å². The molecule has 2 rings (SSSR count). The van der Waals surface area contributed by atoms with E-state index in [4.69, 9.17) is 5.73 Å². The molecule has 0 aromatic heterocycles. The highest BCUT2D eigenvalue weighted by Gasteiger charge is 2.26. The van der Waals surface area contributed by atoms with Crippen molar-refractivity contribution in [2.75, 3.05) is 13.1 Å².